The zero-order valence-electron chi connectivity index (χ0n) is 11.7. The normalized spacial score (nSPS) is 11.6. The molecule has 2 aromatic rings. The Balaban J connectivity index is 2.06. The first-order chi connectivity index (χ1) is 9.50. The van der Waals surface area contributed by atoms with Gasteiger partial charge in [0.2, 0.25) is 0 Å². The van der Waals surface area contributed by atoms with Gasteiger partial charge in [0.05, 0.1) is 10.1 Å². The Morgan fingerprint density at radius 3 is 2.10 bits per heavy atom. The molecule has 0 aliphatic carbocycles. The molecule has 0 unspecified atom stereocenters. The summed E-state index contributed by atoms with van der Waals surface area (Å²) in [7, 11) is -3.19. The Bertz CT molecular complexity index is 647. The summed E-state index contributed by atoms with van der Waals surface area (Å²) < 4.78 is 24.0. The van der Waals surface area contributed by atoms with Crippen LogP contribution in [0.5, 0.6) is 0 Å². The fourth-order valence-corrected chi connectivity index (χ4v) is 2.89. The van der Waals surface area contributed by atoms with Gasteiger partial charge in [0.1, 0.15) is 0 Å². The van der Waals surface area contributed by atoms with Gasteiger partial charge in [-0.1, -0.05) is 30.3 Å². The van der Waals surface area contributed by atoms with E-state index in [1.165, 1.54) is 5.56 Å². The third-order valence-electron chi connectivity index (χ3n) is 3.14. The molecule has 0 amide bonds. The van der Waals surface area contributed by atoms with Gasteiger partial charge in [-0.3, -0.25) is 0 Å². The minimum absolute atomic E-state index is 0.373. The van der Waals surface area contributed by atoms with E-state index in [2.05, 4.69) is 5.32 Å². The van der Waals surface area contributed by atoms with Crippen LogP contribution in [0.2, 0.25) is 0 Å². The molecule has 2 aromatic carbocycles. The van der Waals surface area contributed by atoms with Crippen LogP contribution in [0.25, 0.3) is 0 Å². The topological polar surface area (TPSA) is 46.2 Å². The van der Waals surface area contributed by atoms with Crippen molar-refractivity contribution in [1.29, 1.82) is 0 Å². The summed E-state index contributed by atoms with van der Waals surface area (Å²) in [5.41, 5.74) is 2.10. The van der Waals surface area contributed by atoms with E-state index in [4.69, 9.17) is 0 Å². The molecular weight excluding hydrogens is 270 g/mol. The van der Waals surface area contributed by atoms with Crippen molar-refractivity contribution in [1.82, 2.24) is 0 Å². The molecule has 0 aliphatic heterocycles. The summed E-state index contributed by atoms with van der Waals surface area (Å²) in [5, 5.41) is 2.88. The van der Waals surface area contributed by atoms with Gasteiger partial charge in [-0.15, -0.1) is 0 Å². The molecule has 0 heterocycles. The molecule has 106 valence electrons. The van der Waals surface area contributed by atoms with Gasteiger partial charge in [0.25, 0.3) is 0 Å². The quantitative estimate of drug-likeness (QED) is 0.916. The second-order valence-electron chi connectivity index (χ2n) is 4.96. The summed E-state index contributed by atoms with van der Waals surface area (Å²) >= 11 is 0. The van der Waals surface area contributed by atoms with Crippen LogP contribution in [0.3, 0.4) is 0 Å². The van der Waals surface area contributed by atoms with Gasteiger partial charge in [0.15, 0.2) is 9.84 Å². The lowest BCUT2D eigenvalue weighted by atomic mass is 10.2. The van der Waals surface area contributed by atoms with Gasteiger partial charge in [-0.05, 0) is 43.7 Å². The van der Waals surface area contributed by atoms with Crippen molar-refractivity contribution in [3.8, 4) is 0 Å². The summed E-state index contributed by atoms with van der Waals surface area (Å²) in [6.07, 6.45) is 0. The number of hydrogen-bond donors (Lipinski definition) is 1. The number of anilines is 1. The molecule has 0 aliphatic rings. The Hall–Kier alpha value is -1.81. The van der Waals surface area contributed by atoms with Crippen LogP contribution in [0, 0.1) is 0 Å². The molecule has 3 nitrogen and oxygen atoms in total. The van der Waals surface area contributed by atoms with E-state index in [0.29, 0.717) is 4.90 Å². The van der Waals surface area contributed by atoms with E-state index >= 15 is 0 Å². The van der Waals surface area contributed by atoms with Crippen molar-refractivity contribution in [3.63, 3.8) is 0 Å². The lowest BCUT2D eigenvalue weighted by Gasteiger charge is -2.10. The highest BCUT2D eigenvalue weighted by atomic mass is 32.2. The van der Waals surface area contributed by atoms with E-state index in [0.717, 1.165) is 12.2 Å². The van der Waals surface area contributed by atoms with Crippen LogP contribution < -0.4 is 5.32 Å². The minimum atomic E-state index is -3.19. The first kappa shape index (κ1) is 14.6. The maximum Gasteiger partial charge on any atom is 0.180 e. The minimum Gasteiger partial charge on any atom is -0.381 e. The molecule has 0 saturated heterocycles. The average molecular weight is 289 g/mol. The van der Waals surface area contributed by atoms with E-state index in [1.54, 1.807) is 38.1 Å². The zero-order chi connectivity index (χ0) is 14.6. The van der Waals surface area contributed by atoms with Crippen LogP contribution in [0.1, 0.15) is 19.4 Å². The summed E-state index contributed by atoms with van der Waals surface area (Å²) in [6.45, 7) is 4.10. The second kappa shape index (κ2) is 6.09. The van der Waals surface area contributed by atoms with E-state index in [9.17, 15) is 8.42 Å². The highest BCUT2D eigenvalue weighted by Crippen LogP contribution is 2.18. The molecule has 0 fully saturated rings. The summed E-state index contributed by atoms with van der Waals surface area (Å²) in [5.74, 6) is 0. The molecule has 20 heavy (non-hydrogen) atoms. The van der Waals surface area contributed by atoms with E-state index in [-0.39, 0.29) is 0 Å². The zero-order valence-corrected chi connectivity index (χ0v) is 12.5. The smallest absolute Gasteiger partial charge is 0.180 e. The van der Waals surface area contributed by atoms with E-state index in [1.807, 2.05) is 30.3 Å². The Morgan fingerprint density at radius 2 is 1.55 bits per heavy atom. The van der Waals surface area contributed by atoms with Gasteiger partial charge >= 0.3 is 0 Å². The Labute approximate surface area is 120 Å². The third kappa shape index (κ3) is 3.39. The fourth-order valence-electron chi connectivity index (χ4n) is 1.83. The largest absolute Gasteiger partial charge is 0.381 e. The highest BCUT2D eigenvalue weighted by Gasteiger charge is 2.18. The molecule has 4 heteroatoms. The first-order valence-corrected chi connectivity index (χ1v) is 8.16. The van der Waals surface area contributed by atoms with Gasteiger partial charge in [0, 0.05) is 12.2 Å². The van der Waals surface area contributed by atoms with Gasteiger partial charge in [-0.25, -0.2) is 8.42 Å². The van der Waals surface area contributed by atoms with E-state index < -0.39 is 15.1 Å². The van der Waals surface area contributed by atoms with Crippen LogP contribution in [0.15, 0.2) is 59.5 Å². The number of rotatable bonds is 5. The molecule has 2 rings (SSSR count). The van der Waals surface area contributed by atoms with Crippen molar-refractivity contribution in [2.45, 2.75) is 30.5 Å². The second-order valence-corrected chi connectivity index (χ2v) is 7.46. The Kier molecular flexibility index (Phi) is 4.45. The maximum absolute atomic E-state index is 12.0. The summed E-state index contributed by atoms with van der Waals surface area (Å²) in [4.78, 5) is 0.373. The lowest BCUT2D eigenvalue weighted by Crippen LogP contribution is -2.13. The lowest BCUT2D eigenvalue weighted by molar-refractivity contribution is 0.587. The maximum atomic E-state index is 12.0. The molecule has 0 aromatic heterocycles. The van der Waals surface area contributed by atoms with Crippen LogP contribution in [0.4, 0.5) is 5.69 Å². The predicted molar refractivity (Wildman–Crippen MR) is 82.5 cm³/mol. The van der Waals surface area contributed by atoms with Crippen molar-refractivity contribution < 1.29 is 8.42 Å². The Morgan fingerprint density at radius 1 is 0.950 bits per heavy atom. The predicted octanol–water partition coefficient (Wildman–Crippen LogP) is 3.48. The van der Waals surface area contributed by atoms with Crippen LogP contribution in [-0.2, 0) is 16.4 Å². The molecule has 0 saturated carbocycles. The molecule has 0 radical (unpaired) electrons. The number of nitrogens with one attached hydrogen (secondary N) is 1. The van der Waals surface area contributed by atoms with Crippen molar-refractivity contribution in [2.24, 2.45) is 0 Å². The van der Waals surface area contributed by atoms with Crippen molar-refractivity contribution in [2.75, 3.05) is 5.32 Å². The van der Waals surface area contributed by atoms with Crippen molar-refractivity contribution >= 4 is 15.5 Å². The van der Waals surface area contributed by atoms with Crippen molar-refractivity contribution in [3.05, 3.63) is 60.2 Å². The molecule has 1 N–H and O–H groups in total. The molecule has 0 atom stereocenters. The van der Waals surface area contributed by atoms with Crippen LogP contribution in [-0.4, -0.2) is 13.7 Å². The monoisotopic (exact) mass is 289 g/mol. The number of hydrogen-bond acceptors (Lipinski definition) is 3. The summed E-state index contributed by atoms with van der Waals surface area (Å²) in [6, 6.07) is 17.0. The van der Waals surface area contributed by atoms with Crippen LogP contribution >= 0.6 is 0 Å². The highest BCUT2D eigenvalue weighted by molar-refractivity contribution is 7.92. The fraction of sp³-hybridized carbons (Fsp3) is 0.250. The van der Waals surface area contributed by atoms with Gasteiger partial charge in [-0.2, -0.15) is 0 Å². The molecular formula is C16H19NO2S. The van der Waals surface area contributed by atoms with Gasteiger partial charge < -0.3 is 5.32 Å². The third-order valence-corrected chi connectivity index (χ3v) is 5.31. The molecule has 0 bridgehead atoms. The standard InChI is InChI=1S/C16H19NO2S/c1-13(2)20(18,19)16-10-8-15(9-11-16)17-12-14-6-4-3-5-7-14/h3-11,13,17H,12H2,1-2H3. The number of sulfone groups is 1. The number of benzene rings is 2. The first-order valence-electron chi connectivity index (χ1n) is 6.62. The average Bonchev–Trinajstić information content (AvgIpc) is 2.46. The molecule has 0 spiro atoms. The SMILES string of the molecule is CC(C)S(=O)(=O)c1ccc(NCc2ccccc2)cc1.